The Morgan fingerprint density at radius 1 is 1.40 bits per heavy atom. The van der Waals surface area contributed by atoms with Crippen molar-refractivity contribution in [3.05, 3.63) is 32.2 Å². The second-order valence-electron chi connectivity index (χ2n) is 3.22. The van der Waals surface area contributed by atoms with E-state index in [1.54, 1.807) is 6.08 Å². The van der Waals surface area contributed by atoms with Gasteiger partial charge in [0.05, 0.1) is 6.04 Å². The molecule has 0 heterocycles. The molecule has 0 aromatic carbocycles. The van der Waals surface area contributed by atoms with Crippen molar-refractivity contribution in [3.63, 3.8) is 0 Å². The van der Waals surface area contributed by atoms with Gasteiger partial charge in [-0.05, 0) is 6.42 Å². The molecule has 3 nitrogen and oxygen atoms in total. The topological polar surface area (TPSA) is 38.3 Å². The van der Waals surface area contributed by atoms with Gasteiger partial charge in [0.15, 0.2) is 0 Å². The normalized spacial score (nSPS) is 11.5. The molecule has 0 rings (SSSR count). The summed E-state index contributed by atoms with van der Waals surface area (Å²) in [6, 6.07) is -0.0196. The summed E-state index contributed by atoms with van der Waals surface area (Å²) < 4.78 is 4.80. The molecular formula is C12H20NO2. The van der Waals surface area contributed by atoms with Crippen LogP contribution in [0.25, 0.3) is 0 Å². The van der Waals surface area contributed by atoms with Gasteiger partial charge < -0.3 is 10.1 Å². The average Bonchev–Trinajstić information content (AvgIpc) is 2.25. The van der Waals surface area contributed by atoms with Crippen LogP contribution in [-0.4, -0.2) is 18.7 Å². The molecule has 1 radical (unpaired) electrons. The van der Waals surface area contributed by atoms with Crippen molar-refractivity contribution in [2.24, 2.45) is 0 Å². The molecule has 0 aromatic heterocycles. The lowest BCUT2D eigenvalue weighted by molar-refractivity contribution is 0.155. The zero-order valence-electron chi connectivity index (χ0n) is 9.21. The molecule has 0 spiro atoms. The van der Waals surface area contributed by atoms with Gasteiger partial charge >= 0.3 is 6.09 Å². The van der Waals surface area contributed by atoms with E-state index in [0.717, 1.165) is 25.7 Å². The van der Waals surface area contributed by atoms with Gasteiger partial charge in [0, 0.05) is 0 Å². The fourth-order valence-corrected chi connectivity index (χ4v) is 1.12. The molecule has 1 N–H and O–H groups in total. The number of nitrogens with one attached hydrogen (secondary N) is 1. The summed E-state index contributed by atoms with van der Waals surface area (Å²) in [4.78, 5) is 11.2. The minimum absolute atomic E-state index is 0.0196. The smallest absolute Gasteiger partial charge is 0.407 e. The van der Waals surface area contributed by atoms with Gasteiger partial charge in [0.25, 0.3) is 0 Å². The van der Waals surface area contributed by atoms with E-state index in [9.17, 15) is 4.79 Å². The number of ether oxygens (including phenoxy) is 1. The van der Waals surface area contributed by atoms with Gasteiger partial charge in [0.2, 0.25) is 0 Å². The molecule has 0 saturated carbocycles. The van der Waals surface area contributed by atoms with Gasteiger partial charge in [-0.3, -0.25) is 0 Å². The van der Waals surface area contributed by atoms with Crippen molar-refractivity contribution in [1.29, 1.82) is 0 Å². The highest BCUT2D eigenvalue weighted by atomic mass is 16.5. The standard InChI is InChI=1S/C12H20NO2/c1-4-7-8-9-11(6-3)13-12(14)15-10-5-2/h5-6,11H,1-4,7-10H2,(H,13,14). The van der Waals surface area contributed by atoms with E-state index in [-0.39, 0.29) is 12.6 Å². The van der Waals surface area contributed by atoms with Gasteiger partial charge in [-0.25, -0.2) is 4.79 Å². The quantitative estimate of drug-likeness (QED) is 0.494. The van der Waals surface area contributed by atoms with Crippen molar-refractivity contribution in [3.8, 4) is 0 Å². The maximum Gasteiger partial charge on any atom is 0.407 e. The summed E-state index contributed by atoms with van der Waals surface area (Å²) in [6.45, 7) is 11.1. The predicted octanol–water partition coefficient (Wildman–Crippen LogP) is 2.85. The monoisotopic (exact) mass is 210 g/mol. The van der Waals surface area contributed by atoms with E-state index in [2.05, 4.69) is 25.4 Å². The lowest BCUT2D eigenvalue weighted by Crippen LogP contribution is -2.33. The van der Waals surface area contributed by atoms with E-state index >= 15 is 0 Å². The number of carbonyl (C=O) groups excluding carboxylic acids is 1. The maximum absolute atomic E-state index is 11.2. The molecular weight excluding hydrogens is 190 g/mol. The predicted molar refractivity (Wildman–Crippen MR) is 62.5 cm³/mol. The molecule has 0 fully saturated rings. The summed E-state index contributed by atoms with van der Waals surface area (Å²) in [5, 5.41) is 2.71. The highest BCUT2D eigenvalue weighted by molar-refractivity contribution is 5.67. The largest absolute Gasteiger partial charge is 0.445 e. The zero-order chi connectivity index (χ0) is 11.5. The van der Waals surface area contributed by atoms with E-state index < -0.39 is 6.09 Å². The lowest BCUT2D eigenvalue weighted by atomic mass is 10.1. The third kappa shape index (κ3) is 7.79. The Labute approximate surface area is 92.2 Å². The molecule has 0 aliphatic carbocycles. The Hall–Kier alpha value is -1.25. The first kappa shape index (κ1) is 13.8. The number of rotatable bonds is 8. The van der Waals surface area contributed by atoms with E-state index in [1.807, 2.05) is 0 Å². The first-order valence-corrected chi connectivity index (χ1v) is 5.20. The number of hydrogen-bond donors (Lipinski definition) is 1. The van der Waals surface area contributed by atoms with Crippen molar-refractivity contribution in [2.75, 3.05) is 6.61 Å². The van der Waals surface area contributed by atoms with Crippen LogP contribution < -0.4 is 5.32 Å². The van der Waals surface area contributed by atoms with Gasteiger partial charge in [0.1, 0.15) is 6.61 Å². The Morgan fingerprint density at radius 3 is 2.67 bits per heavy atom. The number of amides is 1. The lowest BCUT2D eigenvalue weighted by Gasteiger charge is -2.13. The molecule has 1 unspecified atom stereocenters. The summed E-state index contributed by atoms with van der Waals surface area (Å²) in [7, 11) is 0. The highest BCUT2D eigenvalue weighted by Gasteiger charge is 2.08. The molecule has 1 atom stereocenters. The van der Waals surface area contributed by atoms with Crippen LogP contribution in [0.3, 0.4) is 0 Å². The van der Waals surface area contributed by atoms with Crippen molar-refractivity contribution < 1.29 is 9.53 Å². The summed E-state index contributed by atoms with van der Waals surface area (Å²) in [6.07, 6.45) is 6.72. The molecule has 85 valence electrons. The Balaban J connectivity index is 3.71. The third-order valence-corrected chi connectivity index (χ3v) is 1.94. The van der Waals surface area contributed by atoms with Crippen LogP contribution in [0.4, 0.5) is 4.79 Å². The van der Waals surface area contributed by atoms with Crippen LogP contribution in [0.15, 0.2) is 25.3 Å². The second kappa shape index (κ2) is 9.31. The number of carbonyl (C=O) groups is 1. The van der Waals surface area contributed by atoms with Crippen molar-refractivity contribution in [1.82, 2.24) is 5.32 Å². The first-order valence-electron chi connectivity index (χ1n) is 5.20. The average molecular weight is 210 g/mol. The molecule has 0 saturated heterocycles. The van der Waals surface area contributed by atoms with Gasteiger partial charge in [-0.2, -0.15) is 0 Å². The Kier molecular flexibility index (Phi) is 8.53. The molecule has 0 bridgehead atoms. The van der Waals surface area contributed by atoms with Crippen LogP contribution in [0.5, 0.6) is 0 Å². The van der Waals surface area contributed by atoms with E-state index in [4.69, 9.17) is 4.74 Å². The maximum atomic E-state index is 11.2. The summed E-state index contributed by atoms with van der Waals surface area (Å²) in [5.41, 5.74) is 0. The van der Waals surface area contributed by atoms with Crippen LogP contribution in [-0.2, 0) is 4.74 Å². The minimum Gasteiger partial charge on any atom is -0.445 e. The molecule has 1 amide bonds. The molecule has 0 aromatic rings. The van der Waals surface area contributed by atoms with Crippen LogP contribution in [0.2, 0.25) is 0 Å². The van der Waals surface area contributed by atoms with E-state index in [0.29, 0.717) is 0 Å². The number of hydrogen-bond acceptors (Lipinski definition) is 2. The van der Waals surface area contributed by atoms with Crippen LogP contribution in [0, 0.1) is 6.92 Å². The summed E-state index contributed by atoms with van der Waals surface area (Å²) >= 11 is 0. The fourth-order valence-electron chi connectivity index (χ4n) is 1.12. The van der Waals surface area contributed by atoms with Gasteiger partial charge in [-0.15, -0.1) is 6.58 Å². The Bertz CT molecular complexity index is 202. The minimum atomic E-state index is -0.422. The molecule has 15 heavy (non-hydrogen) atoms. The SMILES string of the molecule is [CH2]CCCCC(C=C)NC(=O)OCC=C. The fraction of sp³-hybridized carbons (Fsp3) is 0.500. The second-order valence-corrected chi connectivity index (χ2v) is 3.22. The van der Waals surface area contributed by atoms with Crippen molar-refractivity contribution >= 4 is 6.09 Å². The summed E-state index contributed by atoms with van der Waals surface area (Å²) in [5.74, 6) is 0. The number of unbranched alkanes of at least 4 members (excludes halogenated alkanes) is 2. The molecule has 0 aliphatic heterocycles. The first-order chi connectivity index (χ1) is 7.24. The highest BCUT2D eigenvalue weighted by Crippen LogP contribution is 2.04. The van der Waals surface area contributed by atoms with E-state index in [1.165, 1.54) is 6.08 Å². The molecule has 3 heteroatoms. The number of alkyl carbamates (subject to hydrolysis) is 1. The molecule has 0 aliphatic rings. The van der Waals surface area contributed by atoms with Crippen molar-refractivity contribution in [2.45, 2.75) is 31.7 Å². The third-order valence-electron chi connectivity index (χ3n) is 1.94. The van der Waals surface area contributed by atoms with Crippen LogP contribution >= 0.6 is 0 Å². The zero-order valence-corrected chi connectivity index (χ0v) is 9.21. The Morgan fingerprint density at radius 2 is 2.13 bits per heavy atom. The van der Waals surface area contributed by atoms with Crippen LogP contribution in [0.1, 0.15) is 25.7 Å². The van der Waals surface area contributed by atoms with Gasteiger partial charge in [-0.1, -0.05) is 44.9 Å².